The van der Waals surface area contributed by atoms with Gasteiger partial charge in [-0.15, -0.1) is 0 Å². The Hall–Kier alpha value is -1.68. The van der Waals surface area contributed by atoms with Crippen LogP contribution in [0.4, 0.5) is 4.39 Å². The molecule has 2 atom stereocenters. The first-order chi connectivity index (χ1) is 9.11. The molecule has 1 N–H and O–H groups in total. The van der Waals surface area contributed by atoms with Crippen LogP contribution in [0.25, 0.3) is 0 Å². The van der Waals surface area contributed by atoms with Crippen LogP contribution in [0.2, 0.25) is 0 Å². The monoisotopic (exact) mass is 263 g/mol. The highest BCUT2D eigenvalue weighted by Gasteiger charge is 2.30. The number of aliphatic hydroxyl groups excluding tert-OH is 1. The summed E-state index contributed by atoms with van der Waals surface area (Å²) in [5, 5.41) is 10.2. The minimum Gasteiger partial charge on any atom is -0.391 e. The Morgan fingerprint density at radius 2 is 2.11 bits per heavy atom. The lowest BCUT2D eigenvalue weighted by molar-refractivity contribution is -0.129. The number of carbonyl (C=O) groups excluding carboxylic acids is 1. The zero-order chi connectivity index (χ0) is 13.8. The van der Waals surface area contributed by atoms with Gasteiger partial charge in [-0.05, 0) is 37.1 Å². The van der Waals surface area contributed by atoms with Crippen molar-refractivity contribution in [3.63, 3.8) is 0 Å². The quantitative estimate of drug-likeness (QED) is 0.830. The molecule has 0 aliphatic carbocycles. The summed E-state index contributed by atoms with van der Waals surface area (Å²) in [6.45, 7) is 2.73. The van der Waals surface area contributed by atoms with E-state index >= 15 is 0 Å². The van der Waals surface area contributed by atoms with E-state index in [1.165, 1.54) is 18.2 Å². The largest absolute Gasteiger partial charge is 0.391 e. The Balaban J connectivity index is 2.04. The number of β-amino-alcohol motifs (C(OH)–C–C–N with tert-alkyl or cyclic N) is 1. The van der Waals surface area contributed by atoms with Gasteiger partial charge in [0.25, 0.3) is 0 Å². The summed E-state index contributed by atoms with van der Waals surface area (Å²) >= 11 is 0. The van der Waals surface area contributed by atoms with Crippen LogP contribution in [0.1, 0.15) is 24.8 Å². The first-order valence-electron chi connectivity index (χ1n) is 6.47. The average Bonchev–Trinajstić information content (AvgIpc) is 2.40. The predicted octanol–water partition coefficient (Wildman–Crippen LogP) is 2.08. The molecule has 0 saturated carbocycles. The lowest BCUT2D eigenvalue weighted by Crippen LogP contribution is -2.45. The number of likely N-dealkylation sites (tertiary alicyclic amines) is 1. The maximum Gasteiger partial charge on any atom is 0.246 e. The Bertz CT molecular complexity index is 470. The number of hydrogen-bond donors (Lipinski definition) is 1. The number of aliphatic hydroxyl groups is 1. The number of allylic oxidation sites excluding steroid dienone is 1. The molecule has 1 aromatic rings. The summed E-state index contributed by atoms with van der Waals surface area (Å²) in [5.41, 5.74) is 0.923. The van der Waals surface area contributed by atoms with Gasteiger partial charge < -0.3 is 10.0 Å². The molecule has 19 heavy (non-hydrogen) atoms. The Kier molecular flexibility index (Phi) is 4.32. The molecule has 1 saturated heterocycles. The molecule has 3 nitrogen and oxygen atoms in total. The molecule has 1 heterocycles. The van der Waals surface area contributed by atoms with Crippen LogP contribution in [0.3, 0.4) is 0 Å². The molecular formula is C15H18FNO2. The number of hydrogen-bond acceptors (Lipinski definition) is 2. The van der Waals surface area contributed by atoms with Crippen LogP contribution >= 0.6 is 0 Å². The number of piperidine rings is 1. The fourth-order valence-electron chi connectivity index (χ4n) is 2.48. The second kappa shape index (κ2) is 5.97. The molecule has 1 aromatic carbocycles. The predicted molar refractivity (Wildman–Crippen MR) is 71.2 cm³/mol. The lowest BCUT2D eigenvalue weighted by Gasteiger charge is -2.35. The zero-order valence-electron chi connectivity index (χ0n) is 10.9. The first-order valence-corrected chi connectivity index (χ1v) is 6.47. The Morgan fingerprint density at radius 3 is 2.68 bits per heavy atom. The van der Waals surface area contributed by atoms with Crippen molar-refractivity contribution < 1.29 is 14.3 Å². The molecule has 0 spiro atoms. The molecule has 102 valence electrons. The molecule has 1 fully saturated rings. The number of nitrogens with zero attached hydrogens (tertiary/aromatic N) is 1. The van der Waals surface area contributed by atoms with Crippen LogP contribution in [0.15, 0.2) is 36.4 Å². The molecule has 0 aromatic heterocycles. The number of benzene rings is 1. The van der Waals surface area contributed by atoms with Crippen molar-refractivity contribution in [2.45, 2.75) is 25.4 Å². The number of rotatable bonds is 2. The van der Waals surface area contributed by atoms with E-state index in [1.807, 2.05) is 0 Å². The molecular weight excluding hydrogens is 245 g/mol. The van der Waals surface area contributed by atoms with Crippen molar-refractivity contribution in [1.29, 1.82) is 0 Å². The van der Waals surface area contributed by atoms with Gasteiger partial charge in [0.05, 0.1) is 6.10 Å². The van der Waals surface area contributed by atoms with E-state index in [-0.39, 0.29) is 17.6 Å². The minimum absolute atomic E-state index is 0.0322. The Morgan fingerprint density at radius 1 is 1.42 bits per heavy atom. The van der Waals surface area contributed by atoms with Gasteiger partial charge in [-0.2, -0.15) is 0 Å². The zero-order valence-corrected chi connectivity index (χ0v) is 10.9. The smallest absolute Gasteiger partial charge is 0.246 e. The van der Waals surface area contributed by atoms with Gasteiger partial charge in [-0.1, -0.05) is 18.2 Å². The fraction of sp³-hybridized carbons (Fsp3) is 0.400. The van der Waals surface area contributed by atoms with Crippen molar-refractivity contribution in [3.05, 3.63) is 47.8 Å². The maximum absolute atomic E-state index is 12.9. The van der Waals surface area contributed by atoms with Gasteiger partial charge >= 0.3 is 0 Å². The van der Waals surface area contributed by atoms with Gasteiger partial charge in [0.2, 0.25) is 5.91 Å². The van der Waals surface area contributed by atoms with Gasteiger partial charge in [0.15, 0.2) is 0 Å². The highest BCUT2D eigenvalue weighted by atomic mass is 19.1. The topological polar surface area (TPSA) is 40.5 Å². The first kappa shape index (κ1) is 13.7. The second-order valence-electron chi connectivity index (χ2n) is 4.80. The standard InChI is InChI=1S/C15H18FNO2/c1-2-3-15(19)17-9-8-13(14(18)10-17)11-4-6-12(16)7-5-11/h2-7,13-14,18H,8-10H2,1H3/b3-2+/t13-,14+/m0/s1. The van der Waals surface area contributed by atoms with E-state index in [9.17, 15) is 14.3 Å². The summed E-state index contributed by atoms with van der Waals surface area (Å²) in [6, 6.07) is 6.21. The lowest BCUT2D eigenvalue weighted by atomic mass is 9.87. The SMILES string of the molecule is C/C=C/C(=O)N1CC[C@@H](c2ccc(F)cc2)[C@H](O)C1. The average molecular weight is 263 g/mol. The third-order valence-electron chi connectivity index (χ3n) is 3.50. The van der Waals surface area contributed by atoms with Gasteiger partial charge in [-0.25, -0.2) is 4.39 Å². The Labute approximate surface area is 112 Å². The molecule has 1 amide bonds. The second-order valence-corrected chi connectivity index (χ2v) is 4.80. The van der Waals surface area contributed by atoms with Crippen LogP contribution < -0.4 is 0 Å². The summed E-state index contributed by atoms with van der Waals surface area (Å²) in [4.78, 5) is 13.4. The summed E-state index contributed by atoms with van der Waals surface area (Å²) in [7, 11) is 0. The molecule has 1 aliphatic rings. The molecule has 0 unspecified atom stereocenters. The van der Waals surface area contributed by atoms with Gasteiger partial charge in [0, 0.05) is 19.0 Å². The van der Waals surface area contributed by atoms with E-state index in [0.717, 1.165) is 5.56 Å². The molecule has 2 rings (SSSR count). The van der Waals surface area contributed by atoms with Crippen molar-refractivity contribution in [3.8, 4) is 0 Å². The van der Waals surface area contributed by atoms with E-state index in [4.69, 9.17) is 0 Å². The van der Waals surface area contributed by atoms with Crippen molar-refractivity contribution in [2.24, 2.45) is 0 Å². The molecule has 1 aliphatic heterocycles. The van der Waals surface area contributed by atoms with Gasteiger partial charge in [0.1, 0.15) is 5.82 Å². The number of amides is 1. The highest BCUT2D eigenvalue weighted by Crippen LogP contribution is 2.28. The molecule has 4 heteroatoms. The molecule has 0 radical (unpaired) electrons. The third-order valence-corrected chi connectivity index (χ3v) is 3.50. The van der Waals surface area contributed by atoms with Crippen molar-refractivity contribution >= 4 is 5.91 Å². The summed E-state index contributed by atoms with van der Waals surface area (Å²) in [5.74, 6) is -0.381. The van der Waals surface area contributed by atoms with E-state index < -0.39 is 6.10 Å². The fourth-order valence-corrected chi connectivity index (χ4v) is 2.48. The number of halogens is 1. The van der Waals surface area contributed by atoms with Crippen LogP contribution in [-0.4, -0.2) is 35.1 Å². The number of carbonyl (C=O) groups is 1. The summed E-state index contributed by atoms with van der Waals surface area (Å²) < 4.78 is 12.9. The van der Waals surface area contributed by atoms with Crippen LogP contribution in [-0.2, 0) is 4.79 Å². The normalized spacial score (nSPS) is 23.8. The van der Waals surface area contributed by atoms with Crippen molar-refractivity contribution in [2.75, 3.05) is 13.1 Å². The minimum atomic E-state index is -0.603. The van der Waals surface area contributed by atoms with Gasteiger partial charge in [-0.3, -0.25) is 4.79 Å². The summed E-state index contributed by atoms with van der Waals surface area (Å²) in [6.07, 6.45) is 3.29. The van der Waals surface area contributed by atoms with Crippen molar-refractivity contribution in [1.82, 2.24) is 4.90 Å². The highest BCUT2D eigenvalue weighted by molar-refractivity contribution is 5.87. The van der Waals surface area contributed by atoms with E-state index in [2.05, 4.69) is 0 Å². The third kappa shape index (κ3) is 3.20. The van der Waals surface area contributed by atoms with Crippen LogP contribution in [0.5, 0.6) is 0 Å². The van der Waals surface area contributed by atoms with E-state index in [1.54, 1.807) is 30.0 Å². The van der Waals surface area contributed by atoms with Crippen LogP contribution in [0, 0.1) is 5.82 Å². The maximum atomic E-state index is 12.9. The molecule has 0 bridgehead atoms. The van der Waals surface area contributed by atoms with E-state index in [0.29, 0.717) is 19.5 Å².